The summed E-state index contributed by atoms with van der Waals surface area (Å²) >= 11 is 0. The molecule has 0 aromatic heterocycles. The summed E-state index contributed by atoms with van der Waals surface area (Å²) < 4.78 is 38.9. The molecule has 0 saturated carbocycles. The molecule has 1 fully saturated rings. The topological polar surface area (TPSA) is 41.1 Å². The fourth-order valence-electron chi connectivity index (χ4n) is 2.64. The Bertz CT molecular complexity index is 502. The number of hydrogen-bond acceptors (Lipinski definition) is 2. The maximum atomic E-state index is 13.0. The van der Waals surface area contributed by atoms with Crippen LogP contribution in [0.5, 0.6) is 0 Å². The highest BCUT2D eigenvalue weighted by Gasteiger charge is 2.34. The predicted octanol–water partition coefficient (Wildman–Crippen LogP) is 3.10. The normalized spacial score (nSPS) is 19.4. The van der Waals surface area contributed by atoms with Crippen molar-refractivity contribution in [3.05, 3.63) is 35.4 Å². The van der Waals surface area contributed by atoms with E-state index in [1.807, 2.05) is 0 Å². The number of hydrogen-bond donors (Lipinski definition) is 2. The fraction of sp³-hybridized carbons (Fsp3) is 0.533. The average molecular weight is 337 g/mol. The van der Waals surface area contributed by atoms with E-state index in [9.17, 15) is 18.0 Å². The van der Waals surface area contributed by atoms with E-state index in [1.165, 1.54) is 12.1 Å². The van der Waals surface area contributed by atoms with E-state index in [-0.39, 0.29) is 36.3 Å². The van der Waals surface area contributed by atoms with Crippen molar-refractivity contribution in [1.29, 1.82) is 0 Å². The van der Waals surface area contributed by atoms with E-state index in [2.05, 4.69) is 10.6 Å². The Hall–Kier alpha value is -1.27. The van der Waals surface area contributed by atoms with Crippen molar-refractivity contribution < 1.29 is 18.0 Å². The Morgan fingerprint density at radius 2 is 2.09 bits per heavy atom. The highest BCUT2D eigenvalue weighted by Crippen LogP contribution is 2.35. The van der Waals surface area contributed by atoms with E-state index in [0.717, 1.165) is 25.6 Å². The van der Waals surface area contributed by atoms with Crippen LogP contribution in [0.4, 0.5) is 13.2 Å². The Balaban J connectivity index is 0.00000242. The van der Waals surface area contributed by atoms with Gasteiger partial charge in [0.25, 0.3) is 0 Å². The lowest BCUT2D eigenvalue weighted by Crippen LogP contribution is -2.36. The Kier molecular flexibility index (Phi) is 6.68. The summed E-state index contributed by atoms with van der Waals surface area (Å²) in [5, 5.41) is 5.98. The highest BCUT2D eigenvalue weighted by atomic mass is 35.5. The molecule has 1 amide bonds. The summed E-state index contributed by atoms with van der Waals surface area (Å²) in [6.45, 7) is 3.23. The minimum absolute atomic E-state index is 0. The SMILES string of the molecule is CC(CC(=O)NC1CCNC1)c1ccccc1C(F)(F)F.Cl. The third kappa shape index (κ3) is 4.88. The molecule has 1 aromatic rings. The predicted molar refractivity (Wildman–Crippen MR) is 81.1 cm³/mol. The van der Waals surface area contributed by atoms with Crippen molar-refractivity contribution in [2.45, 2.75) is 37.9 Å². The highest BCUT2D eigenvalue weighted by molar-refractivity contribution is 5.85. The molecule has 1 aliphatic rings. The first kappa shape index (κ1) is 18.8. The number of amides is 1. The van der Waals surface area contributed by atoms with E-state index >= 15 is 0 Å². The van der Waals surface area contributed by atoms with Crippen molar-refractivity contribution in [3.63, 3.8) is 0 Å². The largest absolute Gasteiger partial charge is 0.416 e. The lowest BCUT2D eigenvalue weighted by Gasteiger charge is -2.19. The van der Waals surface area contributed by atoms with Gasteiger partial charge in [0.05, 0.1) is 5.56 Å². The first-order chi connectivity index (χ1) is 9.88. The molecule has 0 radical (unpaired) electrons. The number of nitrogens with one attached hydrogen (secondary N) is 2. The van der Waals surface area contributed by atoms with Gasteiger partial charge in [-0.15, -0.1) is 12.4 Å². The molecule has 1 aliphatic heterocycles. The summed E-state index contributed by atoms with van der Waals surface area (Å²) in [5.41, 5.74) is -0.488. The minimum Gasteiger partial charge on any atom is -0.352 e. The molecule has 1 heterocycles. The minimum atomic E-state index is -4.39. The Labute approximate surface area is 134 Å². The number of carbonyl (C=O) groups is 1. The molecule has 0 aliphatic carbocycles. The summed E-state index contributed by atoms with van der Waals surface area (Å²) in [5.74, 6) is -0.676. The number of benzene rings is 1. The van der Waals surface area contributed by atoms with Crippen LogP contribution in [0.25, 0.3) is 0 Å². The first-order valence-corrected chi connectivity index (χ1v) is 7.04. The summed E-state index contributed by atoms with van der Waals surface area (Å²) in [6.07, 6.45) is -3.47. The third-order valence-electron chi connectivity index (χ3n) is 3.71. The molecular formula is C15H20ClF3N2O. The second-order valence-electron chi connectivity index (χ2n) is 5.45. The first-order valence-electron chi connectivity index (χ1n) is 7.04. The van der Waals surface area contributed by atoms with Crippen molar-refractivity contribution in [3.8, 4) is 0 Å². The van der Waals surface area contributed by atoms with Crippen LogP contribution < -0.4 is 10.6 Å². The summed E-state index contributed by atoms with van der Waals surface area (Å²) in [4.78, 5) is 11.9. The third-order valence-corrected chi connectivity index (χ3v) is 3.71. The lowest BCUT2D eigenvalue weighted by molar-refractivity contribution is -0.138. The number of alkyl halides is 3. The molecule has 2 rings (SSSR count). The van der Waals surface area contributed by atoms with Gasteiger partial charge in [-0.2, -0.15) is 13.2 Å². The van der Waals surface area contributed by atoms with Crippen LogP contribution in [0.2, 0.25) is 0 Å². The molecule has 1 saturated heterocycles. The zero-order chi connectivity index (χ0) is 15.5. The van der Waals surface area contributed by atoms with Gasteiger partial charge in [0.1, 0.15) is 0 Å². The van der Waals surface area contributed by atoms with Crippen LogP contribution in [0.15, 0.2) is 24.3 Å². The molecule has 7 heteroatoms. The van der Waals surface area contributed by atoms with Crippen LogP contribution in [0.1, 0.15) is 36.8 Å². The van der Waals surface area contributed by atoms with Crippen LogP contribution in [0, 0.1) is 0 Å². The van der Waals surface area contributed by atoms with Crippen molar-refractivity contribution in [2.24, 2.45) is 0 Å². The van der Waals surface area contributed by atoms with Crippen molar-refractivity contribution in [2.75, 3.05) is 13.1 Å². The second-order valence-corrected chi connectivity index (χ2v) is 5.45. The van der Waals surface area contributed by atoms with Gasteiger partial charge >= 0.3 is 6.18 Å². The maximum absolute atomic E-state index is 13.0. The fourth-order valence-corrected chi connectivity index (χ4v) is 2.64. The summed E-state index contributed by atoms with van der Waals surface area (Å²) in [6, 6.07) is 5.52. The maximum Gasteiger partial charge on any atom is 0.416 e. The molecule has 0 bridgehead atoms. The van der Waals surface area contributed by atoms with Crippen LogP contribution in [0.3, 0.4) is 0 Å². The van der Waals surface area contributed by atoms with Crippen molar-refractivity contribution in [1.82, 2.24) is 10.6 Å². The zero-order valence-corrected chi connectivity index (χ0v) is 13.1. The lowest BCUT2D eigenvalue weighted by atomic mass is 9.92. The quantitative estimate of drug-likeness (QED) is 0.887. The molecular weight excluding hydrogens is 317 g/mol. The van der Waals surface area contributed by atoms with Gasteiger partial charge in [0, 0.05) is 19.0 Å². The molecule has 2 unspecified atom stereocenters. The second kappa shape index (κ2) is 7.83. The number of rotatable bonds is 4. The van der Waals surface area contributed by atoms with Crippen molar-refractivity contribution >= 4 is 18.3 Å². The Morgan fingerprint density at radius 1 is 1.41 bits per heavy atom. The monoisotopic (exact) mass is 336 g/mol. The zero-order valence-electron chi connectivity index (χ0n) is 12.2. The van der Waals surface area contributed by atoms with Crippen LogP contribution in [-0.2, 0) is 11.0 Å². The van der Waals surface area contributed by atoms with Gasteiger partial charge < -0.3 is 10.6 Å². The van der Waals surface area contributed by atoms with Gasteiger partial charge in [-0.25, -0.2) is 0 Å². The van der Waals surface area contributed by atoms with E-state index in [4.69, 9.17) is 0 Å². The van der Waals surface area contributed by atoms with E-state index in [1.54, 1.807) is 13.0 Å². The number of halogens is 4. The van der Waals surface area contributed by atoms with Gasteiger partial charge in [0.15, 0.2) is 0 Å². The molecule has 1 aromatic carbocycles. The van der Waals surface area contributed by atoms with Crippen LogP contribution in [-0.4, -0.2) is 25.0 Å². The van der Waals surface area contributed by atoms with Crippen LogP contribution >= 0.6 is 12.4 Å². The molecule has 0 spiro atoms. The molecule has 124 valence electrons. The van der Waals surface area contributed by atoms with Gasteiger partial charge in [0.2, 0.25) is 5.91 Å². The average Bonchev–Trinajstić information content (AvgIpc) is 2.90. The molecule has 22 heavy (non-hydrogen) atoms. The standard InChI is InChI=1S/C15H19F3N2O.ClH/c1-10(8-14(21)20-11-6-7-19-9-11)12-4-2-3-5-13(12)15(16,17)18;/h2-5,10-11,19H,6-9H2,1H3,(H,20,21);1H. The smallest absolute Gasteiger partial charge is 0.352 e. The number of carbonyl (C=O) groups excluding carboxylic acids is 1. The Morgan fingerprint density at radius 3 is 2.68 bits per heavy atom. The van der Waals surface area contributed by atoms with Gasteiger partial charge in [-0.3, -0.25) is 4.79 Å². The van der Waals surface area contributed by atoms with E-state index < -0.39 is 17.7 Å². The molecule has 3 nitrogen and oxygen atoms in total. The summed E-state index contributed by atoms with van der Waals surface area (Å²) in [7, 11) is 0. The molecule has 2 N–H and O–H groups in total. The molecule has 2 atom stereocenters. The van der Waals surface area contributed by atoms with Gasteiger partial charge in [-0.1, -0.05) is 25.1 Å². The van der Waals surface area contributed by atoms with E-state index in [0.29, 0.717) is 0 Å². The van der Waals surface area contributed by atoms with Gasteiger partial charge in [-0.05, 0) is 30.5 Å².